The number of nitrogens with one attached hydrogen (secondary N) is 1. The third-order valence-electron chi connectivity index (χ3n) is 5.31. The average Bonchev–Trinajstić information content (AvgIpc) is 2.85. The quantitative estimate of drug-likeness (QED) is 0.390. The number of amides is 1. The Labute approximate surface area is 218 Å². The van der Waals surface area contributed by atoms with Crippen LogP contribution in [0.5, 0.6) is 11.5 Å². The number of nitrogens with zero attached hydrogens (tertiary/aromatic N) is 2. The number of carbonyl (C=O) groups excluding carboxylic acids is 1. The summed E-state index contributed by atoms with van der Waals surface area (Å²) < 4.78 is 68.7. The van der Waals surface area contributed by atoms with Crippen molar-refractivity contribution < 1.29 is 35.8 Å². The second-order valence-electron chi connectivity index (χ2n) is 8.62. The number of rotatable bonds is 12. The van der Waals surface area contributed by atoms with E-state index in [-0.39, 0.29) is 24.2 Å². The van der Waals surface area contributed by atoms with E-state index in [9.17, 15) is 21.6 Å². The Morgan fingerprint density at radius 3 is 2.16 bits per heavy atom. The molecule has 37 heavy (non-hydrogen) atoms. The molecule has 1 N–H and O–H groups in total. The molecule has 1 aliphatic rings. The van der Waals surface area contributed by atoms with Crippen LogP contribution in [0.4, 0.5) is 5.69 Å². The van der Waals surface area contributed by atoms with Gasteiger partial charge < -0.3 is 19.5 Å². The molecule has 1 heterocycles. The zero-order valence-electron chi connectivity index (χ0n) is 21.1. The van der Waals surface area contributed by atoms with E-state index in [0.29, 0.717) is 43.5 Å². The van der Waals surface area contributed by atoms with Crippen LogP contribution in [0.2, 0.25) is 0 Å². The maximum atomic E-state index is 12.7. The molecule has 0 spiro atoms. The Bertz CT molecular complexity index is 1240. The zero-order chi connectivity index (χ0) is 27.1. The van der Waals surface area contributed by atoms with Gasteiger partial charge in [-0.3, -0.25) is 9.10 Å². The highest BCUT2D eigenvalue weighted by Gasteiger charge is 2.26. The highest BCUT2D eigenvalue weighted by molar-refractivity contribution is 7.92. The van der Waals surface area contributed by atoms with Crippen molar-refractivity contribution in [2.45, 2.75) is 24.8 Å². The molecule has 1 amide bonds. The van der Waals surface area contributed by atoms with Gasteiger partial charge in [0, 0.05) is 13.1 Å². The van der Waals surface area contributed by atoms with Crippen LogP contribution in [-0.4, -0.2) is 85.4 Å². The molecule has 0 unspecified atom stereocenters. The summed E-state index contributed by atoms with van der Waals surface area (Å²) in [5.41, 5.74) is 0.345. The molecule has 0 atom stereocenters. The molecule has 0 aromatic heterocycles. The fourth-order valence-corrected chi connectivity index (χ4v) is 5.82. The van der Waals surface area contributed by atoms with E-state index in [1.54, 1.807) is 36.4 Å². The first-order valence-corrected chi connectivity index (χ1v) is 15.1. The lowest BCUT2D eigenvalue weighted by Gasteiger charge is -2.26. The largest absolute Gasteiger partial charge is 0.492 e. The molecule has 0 saturated carbocycles. The number of benzene rings is 2. The second kappa shape index (κ2) is 12.6. The molecule has 11 nitrogen and oxygen atoms in total. The Morgan fingerprint density at radius 1 is 1.00 bits per heavy atom. The Balaban J connectivity index is 1.49. The molecule has 1 saturated heterocycles. The van der Waals surface area contributed by atoms with Crippen LogP contribution in [0, 0.1) is 0 Å². The van der Waals surface area contributed by atoms with Crippen molar-refractivity contribution in [1.29, 1.82) is 0 Å². The van der Waals surface area contributed by atoms with Gasteiger partial charge in [-0.05, 0) is 62.4 Å². The van der Waals surface area contributed by atoms with E-state index in [1.165, 1.54) is 16.4 Å². The van der Waals surface area contributed by atoms with Gasteiger partial charge in [0.2, 0.25) is 26.0 Å². The minimum atomic E-state index is -3.71. The van der Waals surface area contributed by atoms with Crippen molar-refractivity contribution in [1.82, 2.24) is 9.62 Å². The molecule has 0 aliphatic carbocycles. The molecule has 13 heteroatoms. The molecule has 2 aromatic rings. The molecule has 3 rings (SSSR count). The normalized spacial score (nSPS) is 14.8. The lowest BCUT2D eigenvalue weighted by Crippen LogP contribution is -2.41. The summed E-state index contributed by atoms with van der Waals surface area (Å²) in [6.45, 7) is 4.99. The smallest absolute Gasteiger partial charge is 0.243 e. The summed E-state index contributed by atoms with van der Waals surface area (Å²) in [5.74, 6) is 0.542. The topological polar surface area (TPSA) is 132 Å². The van der Waals surface area contributed by atoms with Crippen LogP contribution >= 0.6 is 0 Å². The first-order chi connectivity index (χ1) is 17.5. The minimum Gasteiger partial charge on any atom is -0.492 e. The van der Waals surface area contributed by atoms with Crippen LogP contribution in [-0.2, 0) is 29.6 Å². The summed E-state index contributed by atoms with van der Waals surface area (Å²) in [6, 6.07) is 12.5. The van der Waals surface area contributed by atoms with E-state index in [0.717, 1.165) is 10.6 Å². The number of hydrogen-bond donors (Lipinski definition) is 1. The Morgan fingerprint density at radius 2 is 1.59 bits per heavy atom. The van der Waals surface area contributed by atoms with E-state index < -0.39 is 32.5 Å². The summed E-state index contributed by atoms with van der Waals surface area (Å²) in [7, 11) is -7.30. The lowest BCUT2D eigenvalue weighted by molar-refractivity contribution is -0.119. The summed E-state index contributed by atoms with van der Waals surface area (Å²) in [4.78, 5) is 12.6. The van der Waals surface area contributed by atoms with Crippen LogP contribution < -0.4 is 19.1 Å². The van der Waals surface area contributed by atoms with Gasteiger partial charge >= 0.3 is 0 Å². The van der Waals surface area contributed by atoms with Gasteiger partial charge in [0.15, 0.2) is 0 Å². The van der Waals surface area contributed by atoms with Crippen molar-refractivity contribution in [2.24, 2.45) is 0 Å². The SMILES string of the molecule is CC(C)Oc1ccc(N(CC(=O)NCCOc2ccc(S(=O)(=O)N3CCOCC3)cc2)S(C)(=O)=O)cc1. The fourth-order valence-electron chi connectivity index (χ4n) is 3.55. The van der Waals surface area contributed by atoms with Gasteiger partial charge in [-0.1, -0.05) is 0 Å². The summed E-state index contributed by atoms with van der Waals surface area (Å²) in [6.07, 6.45) is 1.01. The number of morpholine rings is 1. The Kier molecular flexibility index (Phi) is 9.76. The molecule has 0 bridgehead atoms. The maximum absolute atomic E-state index is 12.7. The highest BCUT2D eigenvalue weighted by atomic mass is 32.2. The number of anilines is 1. The predicted molar refractivity (Wildman–Crippen MR) is 139 cm³/mol. The number of hydrogen-bond acceptors (Lipinski definition) is 8. The highest BCUT2D eigenvalue weighted by Crippen LogP contribution is 2.23. The standard InChI is InChI=1S/C24H33N3O8S2/c1-19(2)35-22-6-4-20(5-7-22)27(36(3,29)30)18-24(28)25-12-15-34-21-8-10-23(11-9-21)37(31,32)26-13-16-33-17-14-26/h4-11,19H,12-18H2,1-3H3,(H,25,28). The second-order valence-corrected chi connectivity index (χ2v) is 12.5. The molecule has 204 valence electrons. The van der Waals surface area contributed by atoms with Crippen molar-refractivity contribution in [3.05, 3.63) is 48.5 Å². The first-order valence-electron chi connectivity index (χ1n) is 11.8. The number of sulfonamides is 2. The van der Waals surface area contributed by atoms with Gasteiger partial charge in [-0.2, -0.15) is 4.31 Å². The minimum absolute atomic E-state index is 0.0223. The van der Waals surface area contributed by atoms with Crippen molar-refractivity contribution >= 4 is 31.6 Å². The maximum Gasteiger partial charge on any atom is 0.243 e. The molecule has 2 aromatic carbocycles. The molecular weight excluding hydrogens is 522 g/mol. The van der Waals surface area contributed by atoms with Gasteiger partial charge in [0.1, 0.15) is 24.7 Å². The van der Waals surface area contributed by atoms with Gasteiger partial charge in [-0.25, -0.2) is 16.8 Å². The molecule has 0 radical (unpaired) electrons. The van der Waals surface area contributed by atoms with Crippen molar-refractivity contribution in [3.63, 3.8) is 0 Å². The van der Waals surface area contributed by atoms with Crippen LogP contribution in [0.25, 0.3) is 0 Å². The number of carbonyl (C=O) groups is 1. The first kappa shape index (κ1) is 28.7. The zero-order valence-corrected chi connectivity index (χ0v) is 22.8. The van der Waals surface area contributed by atoms with Gasteiger partial charge in [-0.15, -0.1) is 0 Å². The molecule has 1 fully saturated rings. The van der Waals surface area contributed by atoms with Gasteiger partial charge in [0.25, 0.3) is 0 Å². The monoisotopic (exact) mass is 555 g/mol. The van der Waals surface area contributed by atoms with E-state index in [4.69, 9.17) is 14.2 Å². The third-order valence-corrected chi connectivity index (χ3v) is 8.36. The fraction of sp³-hybridized carbons (Fsp3) is 0.458. The predicted octanol–water partition coefficient (Wildman–Crippen LogP) is 1.46. The van der Waals surface area contributed by atoms with Crippen molar-refractivity contribution in [3.8, 4) is 11.5 Å². The lowest BCUT2D eigenvalue weighted by atomic mass is 10.3. The number of ether oxygens (including phenoxy) is 3. The molecule has 1 aliphatic heterocycles. The van der Waals surface area contributed by atoms with E-state index in [1.807, 2.05) is 13.8 Å². The van der Waals surface area contributed by atoms with E-state index in [2.05, 4.69) is 5.32 Å². The third kappa shape index (κ3) is 8.32. The van der Waals surface area contributed by atoms with E-state index >= 15 is 0 Å². The molecular formula is C24H33N3O8S2. The van der Waals surface area contributed by atoms with Crippen LogP contribution in [0.1, 0.15) is 13.8 Å². The average molecular weight is 556 g/mol. The Hall–Kier alpha value is -2.87. The summed E-state index contributed by atoms with van der Waals surface area (Å²) in [5, 5.41) is 2.63. The van der Waals surface area contributed by atoms with Gasteiger partial charge in [0.05, 0.1) is 42.7 Å². The van der Waals surface area contributed by atoms with Crippen LogP contribution in [0.3, 0.4) is 0 Å². The van der Waals surface area contributed by atoms with Crippen molar-refractivity contribution in [2.75, 3.05) is 56.6 Å². The summed E-state index contributed by atoms with van der Waals surface area (Å²) >= 11 is 0. The van der Waals surface area contributed by atoms with Crippen LogP contribution in [0.15, 0.2) is 53.4 Å².